The van der Waals surface area contributed by atoms with Crippen LogP contribution < -0.4 is 20.3 Å². The number of nitrogens with zero attached hydrogens (tertiary/aromatic N) is 4. The van der Waals surface area contributed by atoms with E-state index in [1.165, 1.54) is 0 Å². The first kappa shape index (κ1) is 22.6. The lowest BCUT2D eigenvalue weighted by Crippen LogP contribution is -2.34. The topological polar surface area (TPSA) is 97.7 Å². The molecular weight excluding hydrogens is 406 g/mol. The third-order valence-corrected chi connectivity index (χ3v) is 6.49. The van der Waals surface area contributed by atoms with Gasteiger partial charge in [0.1, 0.15) is 5.75 Å². The van der Waals surface area contributed by atoms with Crippen molar-refractivity contribution in [1.82, 2.24) is 10.1 Å². The van der Waals surface area contributed by atoms with Crippen molar-refractivity contribution in [2.75, 3.05) is 36.0 Å². The molecule has 3 heterocycles. The van der Waals surface area contributed by atoms with Crippen LogP contribution in [0.1, 0.15) is 69.7 Å². The van der Waals surface area contributed by atoms with Crippen LogP contribution in [0.4, 0.5) is 11.7 Å². The zero-order valence-corrected chi connectivity index (χ0v) is 19.3. The molecule has 2 N–H and O–H groups in total. The summed E-state index contributed by atoms with van der Waals surface area (Å²) in [6, 6.07) is 6.56. The number of nitrogens with two attached hydrogens (primary N) is 1. The largest absolute Gasteiger partial charge is 0.494 e. The number of anilines is 2. The molecule has 0 atom stereocenters. The molecule has 0 radical (unpaired) electrons. The summed E-state index contributed by atoms with van der Waals surface area (Å²) in [6.45, 7) is 7.92. The van der Waals surface area contributed by atoms with Gasteiger partial charge in [0, 0.05) is 44.2 Å². The molecule has 0 spiro atoms. The molecule has 4 rings (SSSR count). The van der Waals surface area contributed by atoms with E-state index in [9.17, 15) is 4.79 Å². The maximum Gasteiger partial charge on any atom is 0.324 e. The average molecular weight is 442 g/mol. The Kier molecular flexibility index (Phi) is 7.29. The molecule has 1 aromatic carbocycles. The van der Waals surface area contributed by atoms with Crippen LogP contribution in [0.25, 0.3) is 0 Å². The van der Waals surface area contributed by atoms with Crippen molar-refractivity contribution in [1.29, 1.82) is 0 Å². The lowest BCUT2D eigenvalue weighted by atomic mass is 9.92. The molecule has 0 aliphatic carbocycles. The quantitative estimate of drug-likeness (QED) is 0.590. The lowest BCUT2D eigenvalue weighted by molar-refractivity contribution is -0.117. The van der Waals surface area contributed by atoms with Crippen LogP contribution in [-0.2, 0) is 11.3 Å². The zero-order valence-electron chi connectivity index (χ0n) is 19.3. The smallest absolute Gasteiger partial charge is 0.324 e. The Morgan fingerprint density at radius 2 is 2.06 bits per heavy atom. The molecule has 2 saturated heterocycles. The van der Waals surface area contributed by atoms with Crippen LogP contribution in [0.15, 0.2) is 22.7 Å². The molecule has 8 nitrogen and oxygen atoms in total. The van der Waals surface area contributed by atoms with Crippen molar-refractivity contribution in [2.24, 2.45) is 11.7 Å². The van der Waals surface area contributed by atoms with Gasteiger partial charge in [0.15, 0.2) is 5.82 Å². The summed E-state index contributed by atoms with van der Waals surface area (Å²) in [5, 5.41) is 4.07. The van der Waals surface area contributed by atoms with Crippen LogP contribution in [0.3, 0.4) is 0 Å². The van der Waals surface area contributed by atoms with Crippen LogP contribution in [0.5, 0.6) is 5.75 Å². The van der Waals surface area contributed by atoms with Crippen LogP contribution >= 0.6 is 0 Å². The first-order valence-corrected chi connectivity index (χ1v) is 11.9. The van der Waals surface area contributed by atoms with E-state index in [1.807, 2.05) is 23.1 Å². The van der Waals surface area contributed by atoms with E-state index >= 15 is 0 Å². The van der Waals surface area contributed by atoms with E-state index in [1.54, 1.807) is 0 Å². The highest BCUT2D eigenvalue weighted by Crippen LogP contribution is 2.29. The predicted octanol–water partition coefficient (Wildman–Crippen LogP) is 3.85. The number of aromatic nitrogens is 2. The summed E-state index contributed by atoms with van der Waals surface area (Å²) in [5.41, 5.74) is 7.83. The fraction of sp³-hybridized carbons (Fsp3) is 0.625. The average Bonchev–Trinajstić information content (AvgIpc) is 3.46. The van der Waals surface area contributed by atoms with E-state index in [2.05, 4.69) is 28.9 Å². The van der Waals surface area contributed by atoms with Crippen molar-refractivity contribution in [3.63, 3.8) is 0 Å². The summed E-state index contributed by atoms with van der Waals surface area (Å²) >= 11 is 0. The molecule has 1 amide bonds. The molecule has 0 saturated carbocycles. The predicted molar refractivity (Wildman–Crippen MR) is 124 cm³/mol. The van der Waals surface area contributed by atoms with Gasteiger partial charge >= 0.3 is 6.01 Å². The molecule has 0 bridgehead atoms. The number of ether oxygens (including phenoxy) is 1. The van der Waals surface area contributed by atoms with Gasteiger partial charge in [0.25, 0.3) is 0 Å². The molecule has 8 heteroatoms. The third-order valence-electron chi connectivity index (χ3n) is 6.49. The summed E-state index contributed by atoms with van der Waals surface area (Å²) in [7, 11) is 0. The van der Waals surface area contributed by atoms with Gasteiger partial charge < -0.3 is 24.8 Å². The maximum absolute atomic E-state index is 12.1. The molecule has 1 aromatic heterocycles. The Bertz CT molecular complexity index is 905. The van der Waals surface area contributed by atoms with E-state index in [-0.39, 0.29) is 11.8 Å². The van der Waals surface area contributed by atoms with Gasteiger partial charge in [-0.25, -0.2) is 0 Å². The number of hydrogen-bond donors (Lipinski definition) is 1. The number of piperidine rings is 1. The van der Waals surface area contributed by atoms with Gasteiger partial charge in [-0.2, -0.15) is 4.98 Å². The fourth-order valence-corrected chi connectivity index (χ4v) is 4.55. The van der Waals surface area contributed by atoms with E-state index in [0.717, 1.165) is 74.6 Å². The van der Waals surface area contributed by atoms with E-state index in [0.29, 0.717) is 31.5 Å². The normalized spacial score (nSPS) is 17.6. The minimum absolute atomic E-state index is 0.180. The summed E-state index contributed by atoms with van der Waals surface area (Å²) in [4.78, 5) is 20.6. The first-order chi connectivity index (χ1) is 15.5. The van der Waals surface area contributed by atoms with Gasteiger partial charge in [0.2, 0.25) is 5.91 Å². The number of benzene rings is 1. The Morgan fingerprint density at radius 3 is 2.72 bits per heavy atom. The van der Waals surface area contributed by atoms with Gasteiger partial charge in [-0.3, -0.25) is 4.79 Å². The third kappa shape index (κ3) is 5.23. The molecule has 2 fully saturated rings. The number of carbonyl (C=O) groups is 1. The monoisotopic (exact) mass is 441 g/mol. The van der Waals surface area contributed by atoms with Gasteiger partial charge in [0.05, 0.1) is 6.61 Å². The number of hydrogen-bond acceptors (Lipinski definition) is 7. The molecule has 2 aromatic rings. The molecule has 32 heavy (non-hydrogen) atoms. The Labute approximate surface area is 190 Å². The number of amides is 1. The second kappa shape index (κ2) is 10.3. The van der Waals surface area contributed by atoms with Crippen molar-refractivity contribution in [3.8, 4) is 5.75 Å². The fourth-order valence-electron chi connectivity index (χ4n) is 4.55. The SMILES string of the molecule is CC(C)c1noc(N2CCC(CCCOc3ccc(N4CCCC4=O)c(CN)c3)CC2)n1. The van der Waals surface area contributed by atoms with Crippen molar-refractivity contribution in [3.05, 3.63) is 29.6 Å². The number of carbonyl (C=O) groups excluding carboxylic acids is 1. The van der Waals surface area contributed by atoms with Gasteiger partial charge in [-0.1, -0.05) is 19.0 Å². The zero-order chi connectivity index (χ0) is 22.5. The standard InChI is InChI=1S/C24H35N5O3/c1-17(2)23-26-24(32-27-23)28-12-9-18(10-13-28)5-4-14-31-20-7-8-21(19(15-20)16-25)29-11-3-6-22(29)30/h7-8,15,17-18H,3-6,9-14,16,25H2,1-2H3. The minimum Gasteiger partial charge on any atom is -0.494 e. The molecule has 0 unspecified atom stereocenters. The number of rotatable bonds is 9. The molecular formula is C24H35N5O3. The summed E-state index contributed by atoms with van der Waals surface area (Å²) in [6.07, 6.45) is 5.97. The second-order valence-electron chi connectivity index (χ2n) is 9.15. The Morgan fingerprint density at radius 1 is 1.25 bits per heavy atom. The highest BCUT2D eigenvalue weighted by molar-refractivity contribution is 5.96. The van der Waals surface area contributed by atoms with Crippen LogP contribution in [-0.4, -0.2) is 42.3 Å². The Balaban J connectivity index is 1.20. The summed E-state index contributed by atoms with van der Waals surface area (Å²) in [5.74, 6) is 2.76. The van der Waals surface area contributed by atoms with Crippen molar-refractivity contribution in [2.45, 2.75) is 64.8 Å². The maximum atomic E-state index is 12.1. The minimum atomic E-state index is 0.180. The molecule has 2 aliphatic heterocycles. The first-order valence-electron chi connectivity index (χ1n) is 11.9. The van der Waals surface area contributed by atoms with E-state index < -0.39 is 0 Å². The van der Waals surface area contributed by atoms with Gasteiger partial charge in [-0.15, -0.1) is 0 Å². The van der Waals surface area contributed by atoms with Crippen LogP contribution in [0, 0.1) is 5.92 Å². The van der Waals surface area contributed by atoms with Crippen molar-refractivity contribution < 1.29 is 14.1 Å². The van der Waals surface area contributed by atoms with Gasteiger partial charge in [-0.05, 0) is 61.8 Å². The van der Waals surface area contributed by atoms with Crippen molar-refractivity contribution >= 4 is 17.6 Å². The lowest BCUT2D eigenvalue weighted by Gasteiger charge is -2.30. The molecule has 2 aliphatic rings. The summed E-state index contributed by atoms with van der Waals surface area (Å²) < 4.78 is 11.4. The highest BCUT2D eigenvalue weighted by atomic mass is 16.5. The molecule has 174 valence electrons. The highest BCUT2D eigenvalue weighted by Gasteiger charge is 2.25. The van der Waals surface area contributed by atoms with Crippen LogP contribution in [0.2, 0.25) is 0 Å². The Hall–Kier alpha value is -2.61. The second-order valence-corrected chi connectivity index (χ2v) is 9.15. The van der Waals surface area contributed by atoms with E-state index in [4.69, 9.17) is 15.0 Å².